The zero-order valence-corrected chi connectivity index (χ0v) is 10.0. The van der Waals surface area contributed by atoms with E-state index < -0.39 is 22.4 Å². The molecular weight excluding hydrogens is 261 g/mol. The Morgan fingerprint density at radius 3 is 2.63 bits per heavy atom. The lowest BCUT2D eigenvalue weighted by Crippen LogP contribution is -2.12. The summed E-state index contributed by atoms with van der Waals surface area (Å²) in [5.74, 6) is 5.33. The van der Waals surface area contributed by atoms with Gasteiger partial charge in [0.25, 0.3) is 5.69 Å². The van der Waals surface area contributed by atoms with Gasteiger partial charge < -0.3 is 5.32 Å². The largest absolute Gasteiger partial charge is 0.418 e. The van der Waals surface area contributed by atoms with Crippen molar-refractivity contribution < 1.29 is 18.1 Å². The lowest BCUT2D eigenvalue weighted by atomic mass is 10.1. The van der Waals surface area contributed by atoms with Crippen molar-refractivity contribution >= 4 is 11.4 Å². The second kappa shape index (κ2) is 6.09. The molecule has 7 heteroatoms. The summed E-state index contributed by atoms with van der Waals surface area (Å²) in [5.41, 5.74) is -1.83. The van der Waals surface area contributed by atoms with E-state index in [4.69, 9.17) is 0 Å². The van der Waals surface area contributed by atoms with Crippen LogP contribution in [0.1, 0.15) is 18.9 Å². The van der Waals surface area contributed by atoms with E-state index in [1.807, 2.05) is 0 Å². The van der Waals surface area contributed by atoms with E-state index in [1.165, 1.54) is 0 Å². The molecule has 0 aliphatic carbocycles. The molecule has 0 aromatic heterocycles. The van der Waals surface area contributed by atoms with Crippen LogP contribution in [-0.4, -0.2) is 11.5 Å². The number of benzene rings is 1. The van der Waals surface area contributed by atoms with Crippen LogP contribution in [0.15, 0.2) is 18.2 Å². The van der Waals surface area contributed by atoms with Crippen LogP contribution in [0.25, 0.3) is 0 Å². The highest BCUT2D eigenvalue weighted by molar-refractivity contribution is 5.57. The van der Waals surface area contributed by atoms with E-state index in [0.717, 1.165) is 12.1 Å². The van der Waals surface area contributed by atoms with Gasteiger partial charge in [-0.2, -0.15) is 13.2 Å². The third-order valence-corrected chi connectivity index (χ3v) is 2.26. The van der Waals surface area contributed by atoms with E-state index in [9.17, 15) is 23.3 Å². The molecule has 0 radical (unpaired) electrons. The van der Waals surface area contributed by atoms with E-state index in [-0.39, 0.29) is 12.2 Å². The zero-order chi connectivity index (χ0) is 14.5. The number of hydrogen-bond acceptors (Lipinski definition) is 3. The molecule has 0 atom stereocenters. The maximum atomic E-state index is 12.8. The highest BCUT2D eigenvalue weighted by atomic mass is 19.4. The molecule has 1 N–H and O–H groups in total. The van der Waals surface area contributed by atoms with Crippen molar-refractivity contribution in [3.8, 4) is 11.8 Å². The van der Waals surface area contributed by atoms with Gasteiger partial charge in [-0.1, -0.05) is 0 Å². The van der Waals surface area contributed by atoms with Crippen molar-refractivity contribution in [1.29, 1.82) is 0 Å². The number of hydrogen-bond donors (Lipinski definition) is 1. The van der Waals surface area contributed by atoms with Gasteiger partial charge in [-0.15, -0.1) is 11.8 Å². The lowest BCUT2D eigenvalue weighted by molar-refractivity contribution is -0.385. The molecule has 0 fully saturated rings. The molecule has 0 heterocycles. The molecule has 0 bridgehead atoms. The van der Waals surface area contributed by atoms with Crippen LogP contribution in [-0.2, 0) is 6.18 Å². The molecule has 1 rings (SSSR count). The summed E-state index contributed by atoms with van der Waals surface area (Å²) < 4.78 is 38.3. The Kier molecular flexibility index (Phi) is 4.75. The first-order chi connectivity index (χ1) is 8.86. The summed E-state index contributed by atoms with van der Waals surface area (Å²) in [5, 5.41) is 13.1. The summed E-state index contributed by atoms with van der Waals surface area (Å²) in [6, 6.07) is 2.61. The summed E-state index contributed by atoms with van der Waals surface area (Å²) in [6.07, 6.45) is -4.25. The van der Waals surface area contributed by atoms with E-state index in [2.05, 4.69) is 17.2 Å². The van der Waals surface area contributed by atoms with Crippen LogP contribution in [0.2, 0.25) is 0 Å². The fourth-order valence-electron chi connectivity index (χ4n) is 1.42. The minimum absolute atomic E-state index is 0.184. The monoisotopic (exact) mass is 272 g/mol. The Hall–Kier alpha value is -2.23. The summed E-state index contributed by atoms with van der Waals surface area (Å²) in [6.45, 7) is 1.87. The molecule has 0 unspecified atom stereocenters. The number of alkyl halides is 3. The molecule has 19 heavy (non-hydrogen) atoms. The predicted octanol–water partition coefficient (Wildman–Crippen LogP) is 3.44. The van der Waals surface area contributed by atoms with E-state index in [0.29, 0.717) is 12.5 Å². The third-order valence-electron chi connectivity index (χ3n) is 2.26. The predicted molar refractivity (Wildman–Crippen MR) is 64.7 cm³/mol. The maximum Gasteiger partial charge on any atom is 0.418 e. The van der Waals surface area contributed by atoms with Crippen molar-refractivity contribution in [2.45, 2.75) is 19.5 Å². The number of nitrogens with one attached hydrogen (secondary N) is 1. The van der Waals surface area contributed by atoms with Gasteiger partial charge in [0, 0.05) is 30.8 Å². The van der Waals surface area contributed by atoms with Gasteiger partial charge >= 0.3 is 6.18 Å². The summed E-state index contributed by atoms with van der Waals surface area (Å²) >= 11 is 0. The summed E-state index contributed by atoms with van der Waals surface area (Å²) in [7, 11) is 0. The topological polar surface area (TPSA) is 55.2 Å². The van der Waals surface area contributed by atoms with Crippen molar-refractivity contribution in [2.24, 2.45) is 0 Å². The summed E-state index contributed by atoms with van der Waals surface area (Å²) in [4.78, 5) is 9.63. The molecule has 0 saturated heterocycles. The second-order valence-corrected chi connectivity index (χ2v) is 3.59. The normalized spacial score (nSPS) is 10.5. The van der Waals surface area contributed by atoms with Gasteiger partial charge in [-0.25, -0.2) is 0 Å². The molecule has 0 spiro atoms. The van der Waals surface area contributed by atoms with Gasteiger partial charge in [-0.05, 0) is 13.0 Å². The molecule has 102 valence electrons. The van der Waals surface area contributed by atoms with E-state index in [1.54, 1.807) is 6.92 Å². The highest BCUT2D eigenvalue weighted by Gasteiger charge is 2.35. The molecule has 0 amide bonds. The number of nitro groups is 1. The minimum atomic E-state index is -4.65. The zero-order valence-electron chi connectivity index (χ0n) is 10.0. The average molecular weight is 272 g/mol. The first-order valence-electron chi connectivity index (χ1n) is 5.35. The second-order valence-electron chi connectivity index (χ2n) is 3.59. The Morgan fingerprint density at radius 1 is 1.42 bits per heavy atom. The molecule has 0 aliphatic heterocycles. The Morgan fingerprint density at radius 2 is 2.11 bits per heavy atom. The molecule has 0 saturated carbocycles. The van der Waals surface area contributed by atoms with Crippen LogP contribution in [0, 0.1) is 22.0 Å². The van der Waals surface area contributed by atoms with Crippen molar-refractivity contribution in [1.82, 2.24) is 0 Å². The number of halogens is 3. The Balaban J connectivity index is 3.01. The van der Waals surface area contributed by atoms with Gasteiger partial charge in [0.1, 0.15) is 0 Å². The number of anilines is 1. The molecule has 1 aromatic carbocycles. The average Bonchev–Trinajstić information content (AvgIpc) is 2.33. The van der Waals surface area contributed by atoms with Crippen LogP contribution in [0.3, 0.4) is 0 Å². The number of non-ortho nitro benzene ring substituents is 1. The quantitative estimate of drug-likeness (QED) is 0.395. The van der Waals surface area contributed by atoms with Crippen LogP contribution < -0.4 is 5.32 Å². The van der Waals surface area contributed by atoms with Crippen molar-refractivity contribution in [2.75, 3.05) is 11.9 Å². The Bertz CT molecular complexity index is 530. The SMILES string of the molecule is CC#CCCNc1ccc([N+](=O)[O-])cc1C(F)(F)F. The highest BCUT2D eigenvalue weighted by Crippen LogP contribution is 2.36. The van der Waals surface area contributed by atoms with Crippen LogP contribution >= 0.6 is 0 Å². The van der Waals surface area contributed by atoms with Crippen molar-refractivity contribution in [3.63, 3.8) is 0 Å². The minimum Gasteiger partial charge on any atom is -0.384 e. The van der Waals surface area contributed by atoms with Crippen LogP contribution in [0.5, 0.6) is 0 Å². The molecule has 0 aliphatic rings. The molecule has 1 aromatic rings. The van der Waals surface area contributed by atoms with Crippen LogP contribution in [0.4, 0.5) is 24.5 Å². The fraction of sp³-hybridized carbons (Fsp3) is 0.333. The maximum absolute atomic E-state index is 12.8. The number of rotatable bonds is 4. The smallest absolute Gasteiger partial charge is 0.384 e. The Labute approximate surface area is 107 Å². The van der Waals surface area contributed by atoms with E-state index >= 15 is 0 Å². The lowest BCUT2D eigenvalue weighted by Gasteiger charge is -2.13. The molecule has 4 nitrogen and oxygen atoms in total. The third kappa shape index (κ3) is 4.17. The first kappa shape index (κ1) is 14.8. The van der Waals surface area contributed by atoms with Crippen molar-refractivity contribution in [3.05, 3.63) is 33.9 Å². The van der Waals surface area contributed by atoms with Gasteiger partial charge in [0.2, 0.25) is 0 Å². The van der Waals surface area contributed by atoms with Gasteiger partial charge in [0.05, 0.1) is 10.5 Å². The fourth-order valence-corrected chi connectivity index (χ4v) is 1.42. The van der Waals surface area contributed by atoms with Gasteiger partial charge in [0.15, 0.2) is 0 Å². The molecular formula is C12H11F3N2O2. The number of nitrogens with zero attached hydrogens (tertiary/aromatic N) is 1. The standard InChI is InChI=1S/C12H11F3N2O2/c1-2-3-4-7-16-11-6-5-9(17(18)19)8-10(11)12(13,14)15/h5-6,8,16H,4,7H2,1H3. The van der Waals surface area contributed by atoms with Gasteiger partial charge in [-0.3, -0.25) is 10.1 Å². The number of nitro benzene ring substituents is 1. The first-order valence-corrected chi connectivity index (χ1v) is 5.35.